The number of thiocarbonyl (C=S) groups is 1. The van der Waals surface area contributed by atoms with Crippen LogP contribution in [-0.4, -0.2) is 39.0 Å². The number of methoxy groups -OCH3 is 1. The molecule has 6 nitrogen and oxygen atoms in total. The van der Waals surface area contributed by atoms with Crippen molar-refractivity contribution >= 4 is 28.9 Å². The number of carbonyl (C=O) groups is 1. The third-order valence-corrected chi connectivity index (χ3v) is 4.59. The number of ether oxygens (including phenoxy) is 1. The molecule has 4 rings (SSSR count). The predicted octanol–water partition coefficient (Wildman–Crippen LogP) is 1.48. The van der Waals surface area contributed by atoms with E-state index in [2.05, 4.69) is 9.97 Å². The van der Waals surface area contributed by atoms with E-state index in [0.717, 1.165) is 22.8 Å². The summed E-state index contributed by atoms with van der Waals surface area (Å²) in [5.74, 6) is 0.752. The van der Waals surface area contributed by atoms with Crippen LogP contribution in [0.4, 0.5) is 5.69 Å². The zero-order valence-corrected chi connectivity index (χ0v) is 12.8. The largest absolute Gasteiger partial charge is 0.497 e. The van der Waals surface area contributed by atoms with E-state index in [0.29, 0.717) is 18.1 Å². The summed E-state index contributed by atoms with van der Waals surface area (Å²) < 4.78 is 5.15. The van der Waals surface area contributed by atoms with Crippen molar-refractivity contribution in [1.82, 2.24) is 14.9 Å². The van der Waals surface area contributed by atoms with E-state index < -0.39 is 0 Å². The van der Waals surface area contributed by atoms with Crippen LogP contribution in [0.25, 0.3) is 0 Å². The van der Waals surface area contributed by atoms with Crippen LogP contribution in [0.2, 0.25) is 0 Å². The number of amides is 1. The minimum absolute atomic E-state index is 0.00353. The average Bonchev–Trinajstić information content (AvgIpc) is 3.09. The Morgan fingerprint density at radius 3 is 2.86 bits per heavy atom. The number of imidazole rings is 1. The average molecular weight is 314 g/mol. The molecule has 1 atom stereocenters. The number of nitrogens with one attached hydrogen (secondary N) is 1. The molecule has 1 fully saturated rings. The van der Waals surface area contributed by atoms with Crippen LogP contribution in [0.5, 0.6) is 5.75 Å². The number of hydrogen-bond acceptors (Lipinski definition) is 4. The first-order chi connectivity index (χ1) is 10.7. The minimum atomic E-state index is -0.259. The predicted molar refractivity (Wildman–Crippen MR) is 84.7 cm³/mol. The molecule has 3 heterocycles. The molecule has 2 aliphatic rings. The van der Waals surface area contributed by atoms with Crippen molar-refractivity contribution in [3.05, 3.63) is 42.0 Å². The molecule has 1 N–H and O–H groups in total. The lowest BCUT2D eigenvalue weighted by atomic mass is 10.0. The molecule has 0 bridgehead atoms. The van der Waals surface area contributed by atoms with Crippen LogP contribution in [0.15, 0.2) is 30.6 Å². The number of fused-ring (bicyclic) bond motifs is 2. The first-order valence-corrected chi connectivity index (χ1v) is 7.39. The van der Waals surface area contributed by atoms with Gasteiger partial charge in [0, 0.05) is 6.42 Å². The van der Waals surface area contributed by atoms with E-state index >= 15 is 0 Å². The van der Waals surface area contributed by atoms with Gasteiger partial charge in [-0.15, -0.1) is 0 Å². The van der Waals surface area contributed by atoms with Gasteiger partial charge in [-0.3, -0.25) is 9.69 Å². The monoisotopic (exact) mass is 314 g/mol. The summed E-state index contributed by atoms with van der Waals surface area (Å²) in [6, 6.07) is 7.09. The van der Waals surface area contributed by atoms with Crippen LogP contribution in [-0.2, 0) is 17.8 Å². The van der Waals surface area contributed by atoms with Crippen LogP contribution in [0, 0.1) is 0 Å². The van der Waals surface area contributed by atoms with Crippen molar-refractivity contribution in [2.45, 2.75) is 19.0 Å². The minimum Gasteiger partial charge on any atom is -0.497 e. The molecule has 0 radical (unpaired) electrons. The number of rotatable bonds is 2. The number of aromatic amines is 1. The number of carbonyl (C=O) groups excluding carboxylic acids is 1. The summed E-state index contributed by atoms with van der Waals surface area (Å²) in [5, 5.41) is 0.542. The smallest absolute Gasteiger partial charge is 0.256 e. The van der Waals surface area contributed by atoms with E-state index in [9.17, 15) is 4.79 Å². The fourth-order valence-electron chi connectivity index (χ4n) is 3.00. The first kappa shape index (κ1) is 13.3. The normalized spacial score (nSPS) is 20.1. The topological polar surface area (TPSA) is 61.5 Å². The molecular formula is C15H14N4O2S. The van der Waals surface area contributed by atoms with E-state index in [1.165, 1.54) is 0 Å². The summed E-state index contributed by atoms with van der Waals surface area (Å²) in [6.45, 7) is 0.594. The van der Waals surface area contributed by atoms with Gasteiger partial charge in [0.15, 0.2) is 5.11 Å². The van der Waals surface area contributed by atoms with E-state index in [4.69, 9.17) is 17.0 Å². The van der Waals surface area contributed by atoms with Crippen molar-refractivity contribution < 1.29 is 9.53 Å². The van der Waals surface area contributed by atoms with Gasteiger partial charge in [0.1, 0.15) is 11.8 Å². The zero-order chi connectivity index (χ0) is 15.3. The molecule has 0 spiro atoms. The Kier molecular flexibility index (Phi) is 2.90. The highest BCUT2D eigenvalue weighted by atomic mass is 32.1. The standard InChI is InChI=1S/C15H14N4O2S/c1-21-10-4-2-9(3-5-10)19-14(20)13-6-11-12(17-8-16-11)7-18(13)15(19)22/h2-5,8,13H,6-7H2,1H3,(H,16,17). The van der Waals surface area contributed by atoms with Gasteiger partial charge in [-0.2, -0.15) is 0 Å². The van der Waals surface area contributed by atoms with E-state index in [1.54, 1.807) is 18.3 Å². The van der Waals surface area contributed by atoms with Gasteiger partial charge in [-0.25, -0.2) is 4.98 Å². The lowest BCUT2D eigenvalue weighted by Crippen LogP contribution is -2.40. The second-order valence-electron chi connectivity index (χ2n) is 5.33. The number of hydrogen-bond donors (Lipinski definition) is 1. The van der Waals surface area contributed by atoms with Crippen molar-refractivity contribution in [3.8, 4) is 5.75 Å². The second-order valence-corrected chi connectivity index (χ2v) is 5.70. The highest BCUT2D eigenvalue weighted by Crippen LogP contribution is 2.32. The zero-order valence-electron chi connectivity index (χ0n) is 11.9. The Balaban J connectivity index is 1.67. The van der Waals surface area contributed by atoms with Crippen LogP contribution < -0.4 is 9.64 Å². The number of nitrogens with zero attached hydrogens (tertiary/aromatic N) is 3. The van der Waals surface area contributed by atoms with Gasteiger partial charge >= 0.3 is 0 Å². The summed E-state index contributed by atoms with van der Waals surface area (Å²) in [6.07, 6.45) is 2.26. The van der Waals surface area contributed by atoms with Crippen LogP contribution >= 0.6 is 12.2 Å². The lowest BCUT2D eigenvalue weighted by Gasteiger charge is -2.27. The van der Waals surface area contributed by atoms with Gasteiger partial charge in [0.05, 0.1) is 37.1 Å². The molecule has 112 valence electrons. The van der Waals surface area contributed by atoms with E-state index in [1.807, 2.05) is 29.2 Å². The van der Waals surface area contributed by atoms with Gasteiger partial charge in [0.25, 0.3) is 5.91 Å². The highest BCUT2D eigenvalue weighted by Gasteiger charge is 2.46. The first-order valence-electron chi connectivity index (χ1n) is 6.99. The van der Waals surface area contributed by atoms with Gasteiger partial charge in [0.2, 0.25) is 0 Å². The fraction of sp³-hybridized carbons (Fsp3) is 0.267. The molecule has 22 heavy (non-hydrogen) atoms. The molecular weight excluding hydrogens is 300 g/mol. The Hall–Kier alpha value is -2.41. The fourth-order valence-corrected chi connectivity index (χ4v) is 3.39. The molecule has 1 saturated heterocycles. The maximum absolute atomic E-state index is 12.8. The Bertz CT molecular complexity index is 717. The van der Waals surface area contributed by atoms with Crippen LogP contribution in [0.1, 0.15) is 11.4 Å². The maximum atomic E-state index is 12.8. The summed E-state index contributed by atoms with van der Waals surface area (Å²) in [5.41, 5.74) is 2.75. The molecule has 1 aromatic carbocycles. The van der Waals surface area contributed by atoms with Gasteiger partial charge in [-0.05, 0) is 36.5 Å². The number of anilines is 1. The summed E-state index contributed by atoms with van der Waals surface area (Å²) in [4.78, 5) is 23.7. The number of aromatic nitrogens is 2. The Labute approximate surface area is 132 Å². The Morgan fingerprint density at radius 2 is 2.14 bits per heavy atom. The molecule has 1 amide bonds. The van der Waals surface area contributed by atoms with Crippen molar-refractivity contribution in [2.24, 2.45) is 0 Å². The SMILES string of the molecule is COc1ccc(N2C(=O)C3Cc4nc[nH]c4CN3C2=S)cc1. The van der Waals surface area contributed by atoms with Gasteiger partial charge < -0.3 is 14.6 Å². The molecule has 1 aromatic heterocycles. The molecule has 2 aliphatic heterocycles. The summed E-state index contributed by atoms with van der Waals surface area (Å²) in [7, 11) is 1.61. The van der Waals surface area contributed by atoms with Crippen LogP contribution in [0.3, 0.4) is 0 Å². The maximum Gasteiger partial charge on any atom is 0.256 e. The molecule has 0 saturated carbocycles. The lowest BCUT2D eigenvalue weighted by molar-refractivity contribution is -0.120. The van der Waals surface area contributed by atoms with Gasteiger partial charge in [-0.1, -0.05) is 0 Å². The molecule has 0 aliphatic carbocycles. The molecule has 7 heteroatoms. The van der Waals surface area contributed by atoms with E-state index in [-0.39, 0.29) is 11.9 Å². The summed E-state index contributed by atoms with van der Waals surface area (Å²) >= 11 is 5.53. The molecule has 2 aromatic rings. The third-order valence-electron chi connectivity index (χ3n) is 4.17. The highest BCUT2D eigenvalue weighted by molar-refractivity contribution is 7.80. The Morgan fingerprint density at radius 1 is 1.36 bits per heavy atom. The second kappa shape index (κ2) is 4.81. The van der Waals surface area contributed by atoms with Crippen molar-refractivity contribution in [3.63, 3.8) is 0 Å². The number of benzene rings is 1. The molecule has 1 unspecified atom stereocenters. The quantitative estimate of drug-likeness (QED) is 0.851. The third kappa shape index (κ3) is 1.82. The van der Waals surface area contributed by atoms with Crippen molar-refractivity contribution in [1.29, 1.82) is 0 Å². The number of H-pyrrole nitrogens is 1. The van der Waals surface area contributed by atoms with Crippen molar-refractivity contribution in [2.75, 3.05) is 12.0 Å².